The second-order valence-corrected chi connectivity index (χ2v) is 9.12. The predicted octanol–water partition coefficient (Wildman–Crippen LogP) is 3.26. The highest BCUT2D eigenvalue weighted by Crippen LogP contribution is 2.27. The fourth-order valence-electron chi connectivity index (χ4n) is 2.81. The van der Waals surface area contributed by atoms with E-state index < -0.39 is 41.0 Å². The summed E-state index contributed by atoms with van der Waals surface area (Å²) in [5, 5.41) is 1.73. The van der Waals surface area contributed by atoms with Crippen molar-refractivity contribution in [3.63, 3.8) is 0 Å². The lowest BCUT2D eigenvalue weighted by Gasteiger charge is -2.27. The first-order chi connectivity index (χ1) is 14.2. The van der Waals surface area contributed by atoms with Crippen molar-refractivity contribution in [3.8, 4) is 5.75 Å². The van der Waals surface area contributed by atoms with E-state index >= 15 is 0 Å². The van der Waals surface area contributed by atoms with Crippen LogP contribution in [0.1, 0.15) is 0 Å². The van der Waals surface area contributed by atoms with Gasteiger partial charge in [0.1, 0.15) is 5.75 Å². The SMILES string of the molecule is O=C(COc1ccc(Cl)cc1Cl)OCC(=O)N(c1ccccc1)C1C=CS(=O)(=O)C1. The van der Waals surface area contributed by atoms with Gasteiger partial charge < -0.3 is 14.4 Å². The van der Waals surface area contributed by atoms with Gasteiger partial charge in [-0.3, -0.25) is 4.79 Å². The molecule has 2 aromatic rings. The molecule has 0 saturated carbocycles. The molecule has 1 unspecified atom stereocenters. The molecule has 0 aliphatic carbocycles. The smallest absolute Gasteiger partial charge is 0.344 e. The highest BCUT2D eigenvalue weighted by Gasteiger charge is 2.31. The average Bonchev–Trinajstić information content (AvgIpc) is 3.06. The van der Waals surface area contributed by atoms with Gasteiger partial charge in [0.15, 0.2) is 23.1 Å². The molecule has 1 aliphatic heterocycles. The summed E-state index contributed by atoms with van der Waals surface area (Å²) in [6.07, 6.45) is 1.44. The first kappa shape index (κ1) is 22.1. The summed E-state index contributed by atoms with van der Waals surface area (Å²) in [7, 11) is -3.38. The van der Waals surface area contributed by atoms with E-state index in [-0.39, 0.29) is 16.5 Å². The minimum Gasteiger partial charge on any atom is -0.480 e. The number of ether oxygens (including phenoxy) is 2. The summed E-state index contributed by atoms with van der Waals surface area (Å²) >= 11 is 11.8. The Morgan fingerprint density at radius 2 is 1.80 bits per heavy atom. The maximum Gasteiger partial charge on any atom is 0.344 e. The zero-order chi connectivity index (χ0) is 21.7. The average molecular weight is 470 g/mol. The Bertz CT molecular complexity index is 1070. The molecule has 1 aliphatic rings. The zero-order valence-corrected chi connectivity index (χ0v) is 17.9. The number of benzene rings is 2. The van der Waals surface area contributed by atoms with Crippen LogP contribution in [0.4, 0.5) is 5.69 Å². The van der Waals surface area contributed by atoms with Crippen molar-refractivity contribution < 1.29 is 27.5 Å². The number of nitrogens with zero attached hydrogens (tertiary/aromatic N) is 1. The molecule has 30 heavy (non-hydrogen) atoms. The van der Waals surface area contributed by atoms with Crippen LogP contribution in [0, 0.1) is 0 Å². The summed E-state index contributed by atoms with van der Waals surface area (Å²) in [5.41, 5.74) is 0.495. The molecule has 0 N–H and O–H groups in total. The number of carbonyl (C=O) groups excluding carboxylic acids is 2. The predicted molar refractivity (Wildman–Crippen MR) is 114 cm³/mol. The van der Waals surface area contributed by atoms with E-state index in [0.29, 0.717) is 10.7 Å². The van der Waals surface area contributed by atoms with E-state index in [0.717, 1.165) is 5.41 Å². The van der Waals surface area contributed by atoms with Crippen molar-refractivity contribution in [2.75, 3.05) is 23.9 Å². The summed E-state index contributed by atoms with van der Waals surface area (Å²) in [4.78, 5) is 26.0. The van der Waals surface area contributed by atoms with Crippen LogP contribution < -0.4 is 9.64 Å². The van der Waals surface area contributed by atoms with E-state index in [1.165, 1.54) is 23.1 Å². The molecule has 10 heteroatoms. The number of para-hydroxylation sites is 1. The molecule has 1 heterocycles. The number of halogens is 2. The molecular weight excluding hydrogens is 453 g/mol. The highest BCUT2D eigenvalue weighted by molar-refractivity contribution is 7.94. The first-order valence-corrected chi connectivity index (χ1v) is 11.2. The topological polar surface area (TPSA) is 90.0 Å². The van der Waals surface area contributed by atoms with Crippen LogP contribution in [0.2, 0.25) is 10.0 Å². The minimum atomic E-state index is -3.38. The third kappa shape index (κ3) is 5.75. The first-order valence-electron chi connectivity index (χ1n) is 8.77. The number of amides is 1. The van der Waals surface area contributed by atoms with Gasteiger partial charge in [-0.1, -0.05) is 41.4 Å². The van der Waals surface area contributed by atoms with Crippen LogP contribution in [0.15, 0.2) is 60.0 Å². The van der Waals surface area contributed by atoms with Crippen molar-refractivity contribution >= 4 is 50.6 Å². The summed E-state index contributed by atoms with van der Waals surface area (Å²) in [6, 6.07) is 12.4. The molecule has 0 radical (unpaired) electrons. The van der Waals surface area contributed by atoms with Crippen LogP contribution in [0.3, 0.4) is 0 Å². The van der Waals surface area contributed by atoms with Gasteiger partial charge in [0.25, 0.3) is 5.91 Å². The molecular formula is C20H17Cl2NO6S. The van der Waals surface area contributed by atoms with Crippen molar-refractivity contribution in [2.24, 2.45) is 0 Å². The molecule has 1 amide bonds. The number of carbonyl (C=O) groups is 2. The fraction of sp³-hybridized carbons (Fsp3) is 0.200. The standard InChI is InChI=1S/C20H17Cl2NO6S/c21-14-6-7-18(17(22)10-14)28-12-20(25)29-11-19(24)23(15-4-2-1-3-5-15)16-8-9-30(26,27)13-16/h1-10,16H,11-13H2. The van der Waals surface area contributed by atoms with E-state index in [4.69, 9.17) is 32.7 Å². The summed E-state index contributed by atoms with van der Waals surface area (Å²) in [6.45, 7) is -1.03. The number of hydrogen-bond donors (Lipinski definition) is 0. The summed E-state index contributed by atoms with van der Waals surface area (Å²) in [5.74, 6) is -1.33. The normalized spacial score (nSPS) is 16.8. The largest absolute Gasteiger partial charge is 0.480 e. The Kier molecular flexibility index (Phi) is 7.02. The zero-order valence-electron chi connectivity index (χ0n) is 15.5. The number of anilines is 1. The molecule has 158 valence electrons. The third-order valence-electron chi connectivity index (χ3n) is 4.14. The van der Waals surface area contributed by atoms with E-state index in [1.54, 1.807) is 36.4 Å². The lowest BCUT2D eigenvalue weighted by molar-refractivity contribution is -0.149. The lowest BCUT2D eigenvalue weighted by atomic mass is 10.2. The Balaban J connectivity index is 1.61. The second kappa shape index (κ2) is 9.51. The molecule has 3 rings (SSSR count). The molecule has 0 spiro atoms. The summed E-state index contributed by atoms with van der Waals surface area (Å²) < 4.78 is 33.9. The maximum absolute atomic E-state index is 12.8. The van der Waals surface area contributed by atoms with E-state index in [9.17, 15) is 18.0 Å². The van der Waals surface area contributed by atoms with Gasteiger partial charge in [-0.25, -0.2) is 13.2 Å². The van der Waals surface area contributed by atoms with Crippen molar-refractivity contribution in [2.45, 2.75) is 6.04 Å². The van der Waals surface area contributed by atoms with Crippen molar-refractivity contribution in [1.82, 2.24) is 0 Å². The third-order valence-corrected chi connectivity index (χ3v) is 6.05. The number of esters is 1. The minimum absolute atomic E-state index is 0.232. The van der Waals surface area contributed by atoms with Gasteiger partial charge in [-0.2, -0.15) is 0 Å². The molecule has 0 bridgehead atoms. The molecule has 1 atom stereocenters. The van der Waals surface area contributed by atoms with Gasteiger partial charge in [0.2, 0.25) is 0 Å². The molecule has 0 aromatic heterocycles. The monoisotopic (exact) mass is 469 g/mol. The van der Waals surface area contributed by atoms with Crippen LogP contribution in [-0.2, 0) is 24.2 Å². The Hall–Kier alpha value is -2.55. The van der Waals surface area contributed by atoms with Crippen LogP contribution in [0.25, 0.3) is 0 Å². The molecule has 0 saturated heterocycles. The Morgan fingerprint density at radius 1 is 1.07 bits per heavy atom. The quantitative estimate of drug-likeness (QED) is 0.578. The maximum atomic E-state index is 12.8. The number of rotatable bonds is 7. The van der Waals surface area contributed by atoms with E-state index in [2.05, 4.69) is 0 Å². The lowest BCUT2D eigenvalue weighted by Crippen LogP contribution is -2.43. The fourth-order valence-corrected chi connectivity index (χ4v) is 4.54. The van der Waals surface area contributed by atoms with Crippen LogP contribution in [0.5, 0.6) is 5.75 Å². The van der Waals surface area contributed by atoms with Gasteiger partial charge in [-0.05, 0) is 36.4 Å². The Labute approximate surface area is 183 Å². The number of sulfone groups is 1. The number of hydrogen-bond acceptors (Lipinski definition) is 6. The second-order valence-electron chi connectivity index (χ2n) is 6.35. The van der Waals surface area contributed by atoms with E-state index in [1.807, 2.05) is 0 Å². The van der Waals surface area contributed by atoms with Crippen LogP contribution >= 0.6 is 23.2 Å². The van der Waals surface area contributed by atoms with Crippen molar-refractivity contribution in [1.29, 1.82) is 0 Å². The highest BCUT2D eigenvalue weighted by atomic mass is 35.5. The molecule has 7 nitrogen and oxygen atoms in total. The van der Waals surface area contributed by atoms with Gasteiger partial charge in [0.05, 0.1) is 16.8 Å². The van der Waals surface area contributed by atoms with Gasteiger partial charge in [-0.15, -0.1) is 0 Å². The van der Waals surface area contributed by atoms with Gasteiger partial charge >= 0.3 is 5.97 Å². The van der Waals surface area contributed by atoms with Crippen molar-refractivity contribution in [3.05, 3.63) is 70.1 Å². The van der Waals surface area contributed by atoms with Crippen LogP contribution in [-0.4, -0.2) is 45.3 Å². The molecule has 0 fully saturated rings. The molecule has 2 aromatic carbocycles. The Morgan fingerprint density at radius 3 is 2.43 bits per heavy atom. The van der Waals surface area contributed by atoms with Gasteiger partial charge in [0, 0.05) is 16.1 Å².